The second kappa shape index (κ2) is 8.82. The molecule has 0 radical (unpaired) electrons. The van der Waals surface area contributed by atoms with E-state index in [9.17, 15) is 8.60 Å². The van der Waals surface area contributed by atoms with E-state index in [-0.39, 0.29) is 11.9 Å². The summed E-state index contributed by atoms with van der Waals surface area (Å²) in [5.74, 6) is 0.851. The van der Waals surface area contributed by atoms with E-state index in [2.05, 4.69) is 5.32 Å². The van der Waals surface area contributed by atoms with Gasteiger partial charge in [0.1, 0.15) is 11.6 Å². The van der Waals surface area contributed by atoms with Gasteiger partial charge in [-0.25, -0.2) is 4.39 Å². The van der Waals surface area contributed by atoms with Gasteiger partial charge in [0.2, 0.25) is 0 Å². The van der Waals surface area contributed by atoms with Gasteiger partial charge < -0.3 is 10.1 Å². The number of nitrogens with one attached hydrogen (secondary N) is 1. The highest BCUT2D eigenvalue weighted by atomic mass is 32.2. The summed E-state index contributed by atoms with van der Waals surface area (Å²) in [6.07, 6.45) is 0. The Bertz CT molecular complexity index is 893. The van der Waals surface area contributed by atoms with Crippen LogP contribution in [-0.2, 0) is 10.8 Å². The molecule has 0 saturated heterocycles. The molecule has 3 aromatic carbocycles. The van der Waals surface area contributed by atoms with Crippen molar-refractivity contribution in [2.75, 3.05) is 18.2 Å². The van der Waals surface area contributed by atoms with Crippen LogP contribution >= 0.6 is 0 Å². The van der Waals surface area contributed by atoms with E-state index in [4.69, 9.17) is 4.74 Å². The predicted molar refractivity (Wildman–Crippen MR) is 108 cm³/mol. The van der Waals surface area contributed by atoms with Crippen molar-refractivity contribution >= 4 is 16.5 Å². The number of rotatable bonds is 7. The molecule has 0 saturated carbocycles. The molecule has 0 bridgehead atoms. The highest BCUT2D eigenvalue weighted by Crippen LogP contribution is 2.24. The highest BCUT2D eigenvalue weighted by molar-refractivity contribution is 7.85. The first kappa shape index (κ1) is 19.1. The molecule has 0 aliphatic rings. The number of aryl methyl sites for hydroxylation is 1. The molecule has 0 amide bonds. The Balaban J connectivity index is 1.83. The predicted octanol–water partition coefficient (Wildman–Crippen LogP) is 5.10. The molecule has 2 atom stereocenters. The molecule has 0 heterocycles. The number of halogens is 1. The van der Waals surface area contributed by atoms with E-state index in [1.54, 1.807) is 19.2 Å². The summed E-state index contributed by atoms with van der Waals surface area (Å²) in [6.45, 7) is 2.00. The molecule has 27 heavy (non-hydrogen) atoms. The summed E-state index contributed by atoms with van der Waals surface area (Å²) in [5, 5.41) is 3.41. The van der Waals surface area contributed by atoms with E-state index in [1.807, 2.05) is 55.5 Å². The van der Waals surface area contributed by atoms with Crippen LogP contribution in [0.2, 0.25) is 0 Å². The maximum absolute atomic E-state index is 13.3. The van der Waals surface area contributed by atoms with Crippen LogP contribution in [0.4, 0.5) is 10.1 Å². The van der Waals surface area contributed by atoms with Crippen LogP contribution in [0, 0.1) is 12.7 Å². The standard InChI is InChI=1S/C22H22FNO2S/c1-16-3-13-21(14-4-16)27(25)15-22(17-5-7-18(23)8-6-17)24-19-9-11-20(26-2)12-10-19/h3-14,22,24H,15H2,1-2H3/t22-,27?/m1/s1. The number of hydrogen-bond donors (Lipinski definition) is 1. The zero-order valence-electron chi connectivity index (χ0n) is 15.3. The molecule has 0 aromatic heterocycles. The average molecular weight is 383 g/mol. The molecular weight excluding hydrogens is 361 g/mol. The second-order valence-corrected chi connectivity index (χ2v) is 7.80. The Morgan fingerprint density at radius 3 is 2.19 bits per heavy atom. The minimum absolute atomic E-state index is 0.221. The summed E-state index contributed by atoms with van der Waals surface area (Å²) in [5.41, 5.74) is 2.89. The lowest BCUT2D eigenvalue weighted by Crippen LogP contribution is -2.18. The van der Waals surface area contributed by atoms with Gasteiger partial charge in [-0.15, -0.1) is 0 Å². The smallest absolute Gasteiger partial charge is 0.123 e. The van der Waals surface area contributed by atoms with E-state index in [1.165, 1.54) is 12.1 Å². The minimum atomic E-state index is -1.19. The van der Waals surface area contributed by atoms with E-state index < -0.39 is 10.8 Å². The van der Waals surface area contributed by atoms with Crippen molar-refractivity contribution in [3.05, 3.63) is 89.7 Å². The number of methoxy groups -OCH3 is 1. The Morgan fingerprint density at radius 1 is 0.963 bits per heavy atom. The Kier molecular flexibility index (Phi) is 6.24. The summed E-state index contributed by atoms with van der Waals surface area (Å²) in [7, 11) is 0.431. The molecule has 5 heteroatoms. The van der Waals surface area contributed by atoms with Gasteiger partial charge in [0.05, 0.1) is 29.7 Å². The van der Waals surface area contributed by atoms with Crippen LogP contribution in [-0.4, -0.2) is 17.1 Å². The molecule has 3 rings (SSSR count). The molecule has 0 fully saturated rings. The van der Waals surface area contributed by atoms with Crippen molar-refractivity contribution in [3.63, 3.8) is 0 Å². The third kappa shape index (κ3) is 5.17. The van der Waals surface area contributed by atoms with Crippen molar-refractivity contribution < 1.29 is 13.3 Å². The van der Waals surface area contributed by atoms with Gasteiger partial charge in [0.15, 0.2) is 0 Å². The van der Waals surface area contributed by atoms with E-state index in [0.717, 1.165) is 27.5 Å². The van der Waals surface area contributed by atoms with Gasteiger partial charge in [-0.1, -0.05) is 29.8 Å². The first-order valence-electron chi connectivity index (χ1n) is 8.66. The van der Waals surface area contributed by atoms with Crippen LogP contribution in [0.25, 0.3) is 0 Å². The number of hydrogen-bond acceptors (Lipinski definition) is 3. The molecular formula is C22H22FNO2S. The lowest BCUT2D eigenvalue weighted by molar-refractivity contribution is 0.415. The minimum Gasteiger partial charge on any atom is -0.497 e. The van der Waals surface area contributed by atoms with Gasteiger partial charge >= 0.3 is 0 Å². The molecule has 1 unspecified atom stereocenters. The molecule has 140 valence electrons. The fraction of sp³-hybridized carbons (Fsp3) is 0.182. The van der Waals surface area contributed by atoms with Crippen LogP contribution in [0.1, 0.15) is 17.2 Å². The first-order chi connectivity index (χ1) is 13.0. The third-order valence-electron chi connectivity index (χ3n) is 4.31. The zero-order chi connectivity index (χ0) is 19.2. The van der Waals surface area contributed by atoms with Crippen molar-refractivity contribution in [3.8, 4) is 5.75 Å². The van der Waals surface area contributed by atoms with Crippen molar-refractivity contribution in [2.45, 2.75) is 17.9 Å². The number of benzene rings is 3. The topological polar surface area (TPSA) is 38.3 Å². The maximum atomic E-state index is 13.3. The van der Waals surface area contributed by atoms with Crippen LogP contribution in [0.3, 0.4) is 0 Å². The summed E-state index contributed by atoms with van der Waals surface area (Å²) >= 11 is 0. The van der Waals surface area contributed by atoms with Crippen molar-refractivity contribution in [1.29, 1.82) is 0 Å². The van der Waals surface area contributed by atoms with Gasteiger partial charge in [-0.3, -0.25) is 4.21 Å². The Hall–Kier alpha value is -2.66. The molecule has 3 aromatic rings. The largest absolute Gasteiger partial charge is 0.497 e. The summed E-state index contributed by atoms with van der Waals surface area (Å²) < 4.78 is 31.4. The monoisotopic (exact) mass is 383 g/mol. The van der Waals surface area contributed by atoms with Crippen LogP contribution in [0.5, 0.6) is 5.75 Å². The lowest BCUT2D eigenvalue weighted by atomic mass is 10.1. The molecule has 0 spiro atoms. The average Bonchev–Trinajstić information content (AvgIpc) is 2.69. The highest BCUT2D eigenvalue weighted by Gasteiger charge is 2.17. The molecule has 1 N–H and O–H groups in total. The van der Waals surface area contributed by atoms with Crippen LogP contribution in [0.15, 0.2) is 77.7 Å². The molecule has 0 aliphatic carbocycles. The van der Waals surface area contributed by atoms with Gasteiger partial charge in [-0.2, -0.15) is 0 Å². The van der Waals surface area contributed by atoms with Crippen molar-refractivity contribution in [1.82, 2.24) is 0 Å². The lowest BCUT2D eigenvalue weighted by Gasteiger charge is -2.20. The van der Waals surface area contributed by atoms with Crippen molar-refractivity contribution in [2.24, 2.45) is 0 Å². The summed E-state index contributed by atoms with van der Waals surface area (Å²) in [4.78, 5) is 0.782. The SMILES string of the molecule is COc1ccc(N[C@H](CS(=O)c2ccc(C)cc2)c2ccc(F)cc2)cc1. The summed E-state index contributed by atoms with van der Waals surface area (Å²) in [6, 6.07) is 21.3. The Labute approximate surface area is 161 Å². The van der Waals surface area contributed by atoms with E-state index in [0.29, 0.717) is 5.75 Å². The fourth-order valence-electron chi connectivity index (χ4n) is 2.74. The second-order valence-electron chi connectivity index (χ2n) is 6.30. The third-order valence-corrected chi connectivity index (χ3v) is 5.74. The zero-order valence-corrected chi connectivity index (χ0v) is 16.1. The maximum Gasteiger partial charge on any atom is 0.123 e. The van der Waals surface area contributed by atoms with Gasteiger partial charge in [0.25, 0.3) is 0 Å². The van der Waals surface area contributed by atoms with E-state index >= 15 is 0 Å². The molecule has 0 aliphatic heterocycles. The Morgan fingerprint density at radius 2 is 1.59 bits per heavy atom. The molecule has 3 nitrogen and oxygen atoms in total. The normalized spacial score (nSPS) is 13.0. The quantitative estimate of drug-likeness (QED) is 0.617. The fourth-order valence-corrected chi connectivity index (χ4v) is 3.95. The first-order valence-corrected chi connectivity index (χ1v) is 9.98. The number of anilines is 1. The number of ether oxygens (including phenoxy) is 1. The van der Waals surface area contributed by atoms with Crippen LogP contribution < -0.4 is 10.1 Å². The van der Waals surface area contributed by atoms with Gasteiger partial charge in [0, 0.05) is 10.6 Å². The van der Waals surface area contributed by atoms with Gasteiger partial charge in [-0.05, 0) is 61.0 Å².